The maximum atomic E-state index is 13.2. The van der Waals surface area contributed by atoms with Gasteiger partial charge in [0.15, 0.2) is 15.8 Å². The number of aromatic nitrogens is 4. The van der Waals surface area contributed by atoms with Gasteiger partial charge < -0.3 is 9.64 Å². The predicted molar refractivity (Wildman–Crippen MR) is 119 cm³/mol. The topological polar surface area (TPSA) is 102 Å². The molecule has 32 heavy (non-hydrogen) atoms. The SMILES string of the molecule is CCOc1cn(-c2ccc(F)cc2)nc1C(=O)Nc1nnc(SCC(=O)N2CCCC2)s1. The third kappa shape index (κ3) is 5.25. The molecule has 1 aliphatic heterocycles. The lowest BCUT2D eigenvalue weighted by atomic mass is 10.3. The van der Waals surface area contributed by atoms with Crippen LogP contribution in [0.1, 0.15) is 30.3 Å². The Morgan fingerprint density at radius 2 is 1.97 bits per heavy atom. The normalized spacial score (nSPS) is 13.4. The van der Waals surface area contributed by atoms with Crippen LogP contribution >= 0.6 is 23.1 Å². The zero-order chi connectivity index (χ0) is 22.5. The fourth-order valence-electron chi connectivity index (χ4n) is 3.16. The summed E-state index contributed by atoms with van der Waals surface area (Å²) in [6.45, 7) is 3.77. The lowest BCUT2D eigenvalue weighted by molar-refractivity contribution is -0.127. The first kappa shape index (κ1) is 22.2. The van der Waals surface area contributed by atoms with E-state index in [2.05, 4.69) is 20.6 Å². The van der Waals surface area contributed by atoms with Gasteiger partial charge in [0, 0.05) is 13.1 Å². The van der Waals surface area contributed by atoms with Crippen LogP contribution in [0.15, 0.2) is 34.8 Å². The highest BCUT2D eigenvalue weighted by Gasteiger charge is 2.22. The molecule has 3 aromatic rings. The van der Waals surface area contributed by atoms with Crippen molar-refractivity contribution < 1.29 is 18.7 Å². The van der Waals surface area contributed by atoms with Gasteiger partial charge in [0.25, 0.3) is 5.91 Å². The summed E-state index contributed by atoms with van der Waals surface area (Å²) < 4.78 is 20.8. The molecule has 1 N–H and O–H groups in total. The molecule has 0 radical (unpaired) electrons. The molecule has 9 nitrogen and oxygen atoms in total. The monoisotopic (exact) mass is 476 g/mol. The molecule has 0 bridgehead atoms. The van der Waals surface area contributed by atoms with E-state index in [1.807, 2.05) is 4.90 Å². The number of thioether (sulfide) groups is 1. The highest BCUT2D eigenvalue weighted by molar-refractivity contribution is 8.01. The summed E-state index contributed by atoms with van der Waals surface area (Å²) in [5.41, 5.74) is 0.661. The van der Waals surface area contributed by atoms with Crippen LogP contribution in [0.5, 0.6) is 5.75 Å². The van der Waals surface area contributed by atoms with Gasteiger partial charge in [-0.15, -0.1) is 10.2 Å². The molecule has 0 atom stereocenters. The number of likely N-dealkylation sites (tertiary alicyclic amines) is 1. The van der Waals surface area contributed by atoms with Crippen molar-refractivity contribution in [2.45, 2.75) is 24.1 Å². The van der Waals surface area contributed by atoms with E-state index in [-0.39, 0.29) is 17.4 Å². The Morgan fingerprint density at radius 1 is 1.22 bits per heavy atom. The van der Waals surface area contributed by atoms with Crippen molar-refractivity contribution in [2.24, 2.45) is 0 Å². The van der Waals surface area contributed by atoms with Crippen LogP contribution in [0.25, 0.3) is 5.69 Å². The predicted octanol–water partition coefficient (Wildman–Crippen LogP) is 3.23. The van der Waals surface area contributed by atoms with Gasteiger partial charge in [-0.05, 0) is 44.0 Å². The Kier molecular flexibility index (Phi) is 7.00. The molecule has 2 aromatic heterocycles. The minimum absolute atomic E-state index is 0.0739. The number of benzene rings is 1. The summed E-state index contributed by atoms with van der Waals surface area (Å²) in [5, 5.41) is 15.3. The van der Waals surface area contributed by atoms with Gasteiger partial charge in [0.2, 0.25) is 11.0 Å². The van der Waals surface area contributed by atoms with Gasteiger partial charge >= 0.3 is 0 Å². The Morgan fingerprint density at radius 3 is 2.69 bits per heavy atom. The molecule has 1 saturated heterocycles. The number of rotatable bonds is 8. The molecule has 0 unspecified atom stereocenters. The quantitative estimate of drug-likeness (QED) is 0.393. The standard InChI is InChI=1S/C20H21FN6O3S2/c1-2-30-15-11-27(14-7-5-13(21)6-8-14)25-17(15)18(29)22-19-23-24-20(32-19)31-12-16(28)26-9-3-4-10-26/h5-8,11H,2-4,9-10,12H2,1H3,(H,22,23,29). The molecule has 3 heterocycles. The van der Waals surface area contributed by atoms with E-state index in [1.165, 1.54) is 39.9 Å². The Balaban J connectivity index is 1.42. The van der Waals surface area contributed by atoms with Gasteiger partial charge in [0.1, 0.15) is 5.82 Å². The maximum Gasteiger partial charge on any atom is 0.281 e. The largest absolute Gasteiger partial charge is 0.490 e. The van der Waals surface area contributed by atoms with Crippen LogP contribution in [-0.4, -0.2) is 62.1 Å². The van der Waals surface area contributed by atoms with Crippen LogP contribution in [0.2, 0.25) is 0 Å². The highest BCUT2D eigenvalue weighted by Crippen LogP contribution is 2.27. The maximum absolute atomic E-state index is 13.2. The van der Waals surface area contributed by atoms with E-state index in [0.29, 0.717) is 33.3 Å². The lowest BCUT2D eigenvalue weighted by Gasteiger charge is -2.13. The summed E-state index contributed by atoms with van der Waals surface area (Å²) in [5.74, 6) is -0.198. The lowest BCUT2D eigenvalue weighted by Crippen LogP contribution is -2.29. The van der Waals surface area contributed by atoms with Crippen molar-refractivity contribution in [1.29, 1.82) is 0 Å². The van der Waals surface area contributed by atoms with Crippen LogP contribution < -0.4 is 10.1 Å². The molecule has 4 rings (SSSR count). The zero-order valence-electron chi connectivity index (χ0n) is 17.3. The average Bonchev–Trinajstić information content (AvgIpc) is 3.54. The summed E-state index contributed by atoms with van der Waals surface area (Å²) in [6.07, 6.45) is 3.66. The van der Waals surface area contributed by atoms with Crippen molar-refractivity contribution >= 4 is 40.0 Å². The van der Waals surface area contributed by atoms with E-state index in [0.717, 1.165) is 25.9 Å². The minimum atomic E-state index is -0.504. The molecular formula is C20H21FN6O3S2. The van der Waals surface area contributed by atoms with Crippen LogP contribution in [-0.2, 0) is 4.79 Å². The zero-order valence-corrected chi connectivity index (χ0v) is 18.9. The summed E-state index contributed by atoms with van der Waals surface area (Å²) in [7, 11) is 0. The Hall–Kier alpha value is -2.99. The average molecular weight is 477 g/mol. The first-order valence-electron chi connectivity index (χ1n) is 10.1. The van der Waals surface area contributed by atoms with Gasteiger partial charge in [-0.25, -0.2) is 9.07 Å². The molecule has 1 fully saturated rings. The molecule has 12 heteroatoms. The third-order valence-corrected chi connectivity index (χ3v) is 6.65. The number of hydrogen-bond acceptors (Lipinski definition) is 8. The van der Waals surface area contributed by atoms with Crippen molar-refractivity contribution in [3.05, 3.63) is 42.0 Å². The third-order valence-electron chi connectivity index (χ3n) is 4.69. The smallest absolute Gasteiger partial charge is 0.281 e. The Bertz CT molecular complexity index is 1100. The van der Waals surface area contributed by atoms with Gasteiger partial charge in [-0.2, -0.15) is 5.10 Å². The molecule has 1 aliphatic rings. The van der Waals surface area contributed by atoms with Gasteiger partial charge in [0.05, 0.1) is 24.2 Å². The molecule has 2 amide bonds. The fraction of sp³-hybridized carbons (Fsp3) is 0.350. The number of hydrogen-bond donors (Lipinski definition) is 1. The van der Waals surface area contributed by atoms with E-state index in [1.54, 1.807) is 25.3 Å². The molecule has 0 saturated carbocycles. The van der Waals surface area contributed by atoms with Gasteiger partial charge in [-0.3, -0.25) is 14.9 Å². The van der Waals surface area contributed by atoms with Crippen LogP contribution in [0, 0.1) is 5.82 Å². The second-order valence-electron chi connectivity index (χ2n) is 6.90. The molecule has 1 aromatic carbocycles. The fourth-order valence-corrected chi connectivity index (χ4v) is 4.81. The van der Waals surface area contributed by atoms with Crippen molar-refractivity contribution in [2.75, 3.05) is 30.8 Å². The molecule has 0 aliphatic carbocycles. The van der Waals surface area contributed by atoms with E-state index < -0.39 is 5.91 Å². The number of anilines is 1. The van der Waals surface area contributed by atoms with Crippen LogP contribution in [0.3, 0.4) is 0 Å². The Labute approximate surface area is 192 Å². The van der Waals surface area contributed by atoms with E-state index in [4.69, 9.17) is 4.74 Å². The summed E-state index contributed by atoms with van der Waals surface area (Å²) in [6, 6.07) is 5.73. The van der Waals surface area contributed by atoms with E-state index in [9.17, 15) is 14.0 Å². The van der Waals surface area contributed by atoms with Crippen molar-refractivity contribution in [1.82, 2.24) is 24.9 Å². The molecule has 0 spiro atoms. The van der Waals surface area contributed by atoms with Crippen molar-refractivity contribution in [3.63, 3.8) is 0 Å². The second-order valence-corrected chi connectivity index (χ2v) is 9.10. The number of nitrogens with zero attached hydrogens (tertiary/aromatic N) is 5. The number of carbonyl (C=O) groups is 2. The van der Waals surface area contributed by atoms with E-state index >= 15 is 0 Å². The second kappa shape index (κ2) is 10.1. The summed E-state index contributed by atoms with van der Waals surface area (Å²) in [4.78, 5) is 26.8. The number of halogens is 1. The summed E-state index contributed by atoms with van der Waals surface area (Å²) >= 11 is 2.49. The van der Waals surface area contributed by atoms with Gasteiger partial charge in [-0.1, -0.05) is 23.1 Å². The van der Waals surface area contributed by atoms with Crippen molar-refractivity contribution in [3.8, 4) is 11.4 Å². The first-order chi connectivity index (χ1) is 15.5. The number of nitrogens with one attached hydrogen (secondary N) is 1. The van der Waals surface area contributed by atoms with Crippen LogP contribution in [0.4, 0.5) is 9.52 Å². The molecule has 168 valence electrons. The number of ether oxygens (including phenoxy) is 1. The number of carbonyl (C=O) groups excluding carboxylic acids is 2. The first-order valence-corrected chi connectivity index (χ1v) is 11.9. The minimum Gasteiger partial charge on any atom is -0.490 e. The number of amides is 2. The highest BCUT2D eigenvalue weighted by atomic mass is 32.2. The molecular weight excluding hydrogens is 455 g/mol.